The van der Waals surface area contributed by atoms with E-state index >= 15 is 0 Å². The van der Waals surface area contributed by atoms with Crippen molar-refractivity contribution in [3.05, 3.63) is 40.0 Å². The van der Waals surface area contributed by atoms with Crippen LogP contribution in [0.2, 0.25) is 10.2 Å². The molecule has 0 N–H and O–H groups in total. The lowest BCUT2D eigenvalue weighted by Crippen LogP contribution is -1.83. The van der Waals surface area contributed by atoms with E-state index in [1.54, 1.807) is 24.3 Å². The van der Waals surface area contributed by atoms with Gasteiger partial charge in [-0.25, -0.2) is 4.98 Å². The maximum absolute atomic E-state index is 8.75. The van der Waals surface area contributed by atoms with Crippen LogP contribution in [0.25, 0.3) is 10.9 Å². The van der Waals surface area contributed by atoms with Crippen LogP contribution in [0.15, 0.2) is 24.3 Å². The average molecular weight is 223 g/mol. The first-order chi connectivity index (χ1) is 6.72. The van der Waals surface area contributed by atoms with Gasteiger partial charge in [0.05, 0.1) is 16.1 Å². The third-order valence-electron chi connectivity index (χ3n) is 1.89. The second-order valence-electron chi connectivity index (χ2n) is 2.74. The molecular weight excluding hydrogens is 219 g/mol. The molecule has 0 aliphatic heterocycles. The van der Waals surface area contributed by atoms with Crippen LogP contribution in [0.3, 0.4) is 0 Å². The van der Waals surface area contributed by atoms with Crippen molar-refractivity contribution in [3.8, 4) is 6.07 Å². The molecule has 0 unspecified atom stereocenters. The van der Waals surface area contributed by atoms with Crippen LogP contribution in [0.5, 0.6) is 0 Å². The topological polar surface area (TPSA) is 36.7 Å². The summed E-state index contributed by atoms with van der Waals surface area (Å²) < 4.78 is 0. The fourth-order valence-corrected chi connectivity index (χ4v) is 1.65. The molecular formula is C10H4Cl2N2. The van der Waals surface area contributed by atoms with Gasteiger partial charge in [-0.3, -0.25) is 0 Å². The average Bonchev–Trinajstić information content (AvgIpc) is 2.18. The highest BCUT2D eigenvalue weighted by Gasteiger charge is 2.05. The molecule has 14 heavy (non-hydrogen) atoms. The number of nitrogens with zero attached hydrogens (tertiary/aromatic N) is 2. The summed E-state index contributed by atoms with van der Waals surface area (Å²) in [5.41, 5.74) is 1.14. The Hall–Kier alpha value is -1.30. The van der Waals surface area contributed by atoms with Crippen molar-refractivity contribution in [1.82, 2.24) is 4.98 Å². The molecule has 0 aliphatic carbocycles. The number of hydrogen-bond acceptors (Lipinski definition) is 2. The van der Waals surface area contributed by atoms with E-state index in [2.05, 4.69) is 4.98 Å². The fraction of sp³-hybridized carbons (Fsp3) is 0. The fourth-order valence-electron chi connectivity index (χ4n) is 1.23. The highest BCUT2D eigenvalue weighted by molar-refractivity contribution is 6.36. The summed E-state index contributed by atoms with van der Waals surface area (Å²) in [6.07, 6.45) is 0. The maximum Gasteiger partial charge on any atom is 0.129 e. The summed E-state index contributed by atoms with van der Waals surface area (Å²) in [7, 11) is 0. The molecule has 1 aromatic carbocycles. The van der Waals surface area contributed by atoms with E-state index in [4.69, 9.17) is 28.5 Å². The Labute approximate surface area is 90.7 Å². The van der Waals surface area contributed by atoms with Crippen molar-refractivity contribution >= 4 is 34.1 Å². The third-order valence-corrected chi connectivity index (χ3v) is 2.51. The second kappa shape index (κ2) is 3.45. The first-order valence-electron chi connectivity index (χ1n) is 3.87. The molecule has 2 aromatic rings. The van der Waals surface area contributed by atoms with Gasteiger partial charge in [0.1, 0.15) is 11.2 Å². The summed E-state index contributed by atoms with van der Waals surface area (Å²) in [6.45, 7) is 0. The van der Waals surface area contributed by atoms with E-state index in [-0.39, 0.29) is 0 Å². The van der Waals surface area contributed by atoms with Crippen LogP contribution in [0, 0.1) is 11.3 Å². The number of benzene rings is 1. The van der Waals surface area contributed by atoms with E-state index in [9.17, 15) is 0 Å². The first-order valence-corrected chi connectivity index (χ1v) is 4.63. The van der Waals surface area contributed by atoms with Crippen molar-refractivity contribution in [1.29, 1.82) is 5.26 Å². The lowest BCUT2D eigenvalue weighted by molar-refractivity contribution is 1.40. The number of fused-ring (bicyclic) bond motifs is 1. The normalized spacial score (nSPS) is 10.1. The number of rotatable bonds is 0. The molecule has 0 bridgehead atoms. The number of pyridine rings is 1. The zero-order valence-electron chi connectivity index (χ0n) is 6.96. The molecule has 68 valence electrons. The first kappa shape index (κ1) is 9.26. The number of nitriles is 1. The van der Waals surface area contributed by atoms with Crippen molar-refractivity contribution < 1.29 is 0 Å². The molecule has 0 radical (unpaired) electrons. The number of hydrogen-bond donors (Lipinski definition) is 0. The standard InChI is InChI=1S/C10H4Cl2N2/c11-9-4-2-7-8(14-9)3-1-6(5-13)10(7)12/h1-4H. The van der Waals surface area contributed by atoms with Gasteiger partial charge >= 0.3 is 0 Å². The van der Waals surface area contributed by atoms with E-state index in [1.165, 1.54) is 0 Å². The van der Waals surface area contributed by atoms with Gasteiger partial charge in [-0.05, 0) is 24.3 Å². The van der Waals surface area contributed by atoms with Crippen molar-refractivity contribution in [2.24, 2.45) is 0 Å². The Morgan fingerprint density at radius 2 is 1.93 bits per heavy atom. The summed E-state index contributed by atoms with van der Waals surface area (Å²) in [4.78, 5) is 4.08. The Morgan fingerprint density at radius 1 is 1.14 bits per heavy atom. The molecule has 2 rings (SSSR count). The maximum atomic E-state index is 8.75. The summed E-state index contributed by atoms with van der Waals surface area (Å²) in [6, 6.07) is 8.78. The molecule has 0 spiro atoms. The Bertz CT molecular complexity index is 544. The van der Waals surface area contributed by atoms with Crippen LogP contribution in [-0.2, 0) is 0 Å². The van der Waals surface area contributed by atoms with Gasteiger partial charge in [0.15, 0.2) is 0 Å². The molecule has 1 heterocycles. The van der Waals surface area contributed by atoms with Crippen LogP contribution in [0.4, 0.5) is 0 Å². The van der Waals surface area contributed by atoms with Gasteiger partial charge in [-0.2, -0.15) is 5.26 Å². The van der Waals surface area contributed by atoms with Gasteiger partial charge in [0.2, 0.25) is 0 Å². The largest absolute Gasteiger partial charge is 0.236 e. The van der Waals surface area contributed by atoms with Crippen LogP contribution >= 0.6 is 23.2 Å². The molecule has 2 nitrogen and oxygen atoms in total. The Morgan fingerprint density at radius 3 is 2.64 bits per heavy atom. The van der Waals surface area contributed by atoms with Crippen LogP contribution in [0.1, 0.15) is 5.56 Å². The lowest BCUT2D eigenvalue weighted by atomic mass is 10.1. The lowest BCUT2D eigenvalue weighted by Gasteiger charge is -2.01. The van der Waals surface area contributed by atoms with Crippen molar-refractivity contribution in [2.75, 3.05) is 0 Å². The van der Waals surface area contributed by atoms with Crippen molar-refractivity contribution in [2.45, 2.75) is 0 Å². The molecule has 0 saturated heterocycles. The molecule has 1 aromatic heterocycles. The number of aromatic nitrogens is 1. The quantitative estimate of drug-likeness (QED) is 0.641. The van der Waals surface area contributed by atoms with Crippen LogP contribution < -0.4 is 0 Å². The predicted molar refractivity (Wildman–Crippen MR) is 56.5 cm³/mol. The highest BCUT2D eigenvalue weighted by atomic mass is 35.5. The van der Waals surface area contributed by atoms with Gasteiger partial charge in [-0.1, -0.05) is 23.2 Å². The van der Waals surface area contributed by atoms with Crippen molar-refractivity contribution in [3.63, 3.8) is 0 Å². The smallest absolute Gasteiger partial charge is 0.129 e. The predicted octanol–water partition coefficient (Wildman–Crippen LogP) is 3.41. The molecule has 0 fully saturated rings. The second-order valence-corrected chi connectivity index (χ2v) is 3.50. The molecule has 4 heteroatoms. The third kappa shape index (κ3) is 1.41. The zero-order valence-corrected chi connectivity index (χ0v) is 8.47. The van der Waals surface area contributed by atoms with Gasteiger partial charge in [-0.15, -0.1) is 0 Å². The minimum Gasteiger partial charge on any atom is -0.236 e. The minimum absolute atomic E-state index is 0.415. The Kier molecular flexibility index (Phi) is 2.28. The zero-order chi connectivity index (χ0) is 10.1. The van der Waals surface area contributed by atoms with Crippen LogP contribution in [-0.4, -0.2) is 4.98 Å². The summed E-state index contributed by atoms with van der Waals surface area (Å²) in [5.74, 6) is 0. The Balaban J connectivity index is 2.85. The molecule has 0 saturated carbocycles. The van der Waals surface area contributed by atoms with Gasteiger partial charge in [0, 0.05) is 5.39 Å². The SMILES string of the molecule is N#Cc1ccc2nc(Cl)ccc2c1Cl. The van der Waals surface area contributed by atoms with E-state index in [1.807, 2.05) is 6.07 Å². The van der Waals surface area contributed by atoms with E-state index < -0.39 is 0 Å². The monoisotopic (exact) mass is 222 g/mol. The molecule has 0 atom stereocenters. The summed E-state index contributed by atoms with van der Waals surface area (Å²) in [5, 5.41) is 10.3. The number of halogens is 2. The molecule has 0 aliphatic rings. The minimum atomic E-state index is 0.415. The van der Waals surface area contributed by atoms with E-state index in [0.29, 0.717) is 21.3 Å². The van der Waals surface area contributed by atoms with Gasteiger partial charge < -0.3 is 0 Å². The van der Waals surface area contributed by atoms with E-state index in [0.717, 1.165) is 5.39 Å². The summed E-state index contributed by atoms with van der Waals surface area (Å²) >= 11 is 11.7. The highest BCUT2D eigenvalue weighted by Crippen LogP contribution is 2.26. The molecule has 0 amide bonds. The van der Waals surface area contributed by atoms with Gasteiger partial charge in [0.25, 0.3) is 0 Å².